The summed E-state index contributed by atoms with van der Waals surface area (Å²) in [5, 5.41) is 19.0. The molecule has 29 heavy (non-hydrogen) atoms. The summed E-state index contributed by atoms with van der Waals surface area (Å²) >= 11 is 1.24. The molecule has 11 heteroatoms. The van der Waals surface area contributed by atoms with Gasteiger partial charge in [-0.15, -0.1) is 16.4 Å². The maximum absolute atomic E-state index is 12.4. The number of aromatic nitrogens is 5. The number of tetrazole rings is 1. The van der Waals surface area contributed by atoms with Gasteiger partial charge in [0.2, 0.25) is 5.91 Å². The zero-order chi connectivity index (χ0) is 20.2. The Hall–Kier alpha value is -3.86. The number of anilines is 2. The fraction of sp³-hybridized carbons (Fsp3) is 0.111. The molecule has 0 bridgehead atoms. The molecule has 3 heterocycles. The molecule has 1 aromatic carbocycles. The van der Waals surface area contributed by atoms with Crippen LogP contribution in [0, 0.1) is 0 Å². The summed E-state index contributed by atoms with van der Waals surface area (Å²) in [6.07, 6.45) is 1.49. The summed E-state index contributed by atoms with van der Waals surface area (Å²) < 4.78 is 6.59. The van der Waals surface area contributed by atoms with Gasteiger partial charge < -0.3 is 9.73 Å². The normalized spacial score (nSPS) is 10.7. The molecule has 0 aliphatic rings. The smallest absolute Gasteiger partial charge is 0.293 e. The molecule has 0 saturated carbocycles. The zero-order valence-electron chi connectivity index (χ0n) is 15.2. The Morgan fingerprint density at radius 2 is 2.10 bits per heavy atom. The van der Waals surface area contributed by atoms with Crippen molar-refractivity contribution in [1.29, 1.82) is 0 Å². The number of hydrogen-bond donors (Lipinski definition) is 2. The Balaban J connectivity index is 1.37. The average molecular weight is 409 g/mol. The van der Waals surface area contributed by atoms with Crippen molar-refractivity contribution in [1.82, 2.24) is 25.2 Å². The van der Waals surface area contributed by atoms with E-state index in [0.29, 0.717) is 22.3 Å². The molecule has 0 aliphatic heterocycles. The van der Waals surface area contributed by atoms with Crippen LogP contribution < -0.4 is 10.6 Å². The van der Waals surface area contributed by atoms with Gasteiger partial charge in [0.05, 0.1) is 18.4 Å². The zero-order valence-corrected chi connectivity index (χ0v) is 16.0. The van der Waals surface area contributed by atoms with Gasteiger partial charge in [0, 0.05) is 23.7 Å². The number of carbonyl (C=O) groups is 2. The van der Waals surface area contributed by atoms with Crippen LogP contribution in [0.5, 0.6) is 0 Å². The number of thiazole rings is 1. The third-order valence-corrected chi connectivity index (χ3v) is 4.69. The summed E-state index contributed by atoms with van der Waals surface area (Å²) in [5.74, 6) is 0.165. The highest BCUT2D eigenvalue weighted by Crippen LogP contribution is 2.21. The molecule has 4 rings (SSSR count). The van der Waals surface area contributed by atoms with Crippen molar-refractivity contribution in [3.8, 4) is 11.4 Å². The van der Waals surface area contributed by atoms with Gasteiger partial charge in [-0.2, -0.15) is 0 Å². The van der Waals surface area contributed by atoms with E-state index in [1.807, 2.05) is 12.1 Å². The lowest BCUT2D eigenvalue weighted by Crippen LogP contribution is -2.15. The molecule has 0 saturated heterocycles. The number of nitrogens with zero attached hydrogens (tertiary/aromatic N) is 5. The third-order valence-electron chi connectivity index (χ3n) is 3.88. The number of nitrogens with one attached hydrogen (secondary N) is 2. The van der Waals surface area contributed by atoms with E-state index in [-0.39, 0.29) is 18.1 Å². The van der Waals surface area contributed by atoms with Crippen molar-refractivity contribution < 1.29 is 14.0 Å². The standard InChI is InChI=1S/C18H15N7O3S/c1-25-16(22-23-24-25)11-4-2-5-12(8-11)19-15(26)9-13-10-29-18(20-13)21-17(27)14-6-3-7-28-14/h2-8,10H,9H2,1H3,(H,19,26)(H,20,21,27). The Kier molecular flexibility index (Phi) is 5.12. The van der Waals surface area contributed by atoms with Crippen LogP contribution in [0.4, 0.5) is 10.8 Å². The van der Waals surface area contributed by atoms with Crippen LogP contribution in [-0.2, 0) is 18.3 Å². The summed E-state index contributed by atoms with van der Waals surface area (Å²) in [6, 6.07) is 10.4. The highest BCUT2D eigenvalue weighted by Gasteiger charge is 2.13. The number of hydrogen-bond acceptors (Lipinski definition) is 8. The molecule has 0 unspecified atom stereocenters. The van der Waals surface area contributed by atoms with Crippen LogP contribution >= 0.6 is 11.3 Å². The highest BCUT2D eigenvalue weighted by atomic mass is 32.1. The molecule has 0 spiro atoms. The van der Waals surface area contributed by atoms with Crippen LogP contribution in [0.3, 0.4) is 0 Å². The first-order chi connectivity index (χ1) is 14.1. The van der Waals surface area contributed by atoms with Crippen LogP contribution in [0.2, 0.25) is 0 Å². The summed E-state index contributed by atoms with van der Waals surface area (Å²) in [4.78, 5) is 28.6. The summed E-state index contributed by atoms with van der Waals surface area (Å²) in [5.41, 5.74) is 1.96. The molecule has 10 nitrogen and oxygen atoms in total. The van der Waals surface area contributed by atoms with Crippen LogP contribution in [-0.4, -0.2) is 37.0 Å². The Morgan fingerprint density at radius 1 is 1.21 bits per heavy atom. The second-order valence-electron chi connectivity index (χ2n) is 6.01. The molecule has 146 valence electrons. The van der Waals surface area contributed by atoms with E-state index in [1.54, 1.807) is 41.4 Å². The number of amides is 2. The lowest BCUT2D eigenvalue weighted by Gasteiger charge is -2.06. The van der Waals surface area contributed by atoms with E-state index in [9.17, 15) is 9.59 Å². The molecule has 0 fully saturated rings. The molecular weight excluding hydrogens is 394 g/mol. The maximum Gasteiger partial charge on any atom is 0.293 e. The largest absolute Gasteiger partial charge is 0.459 e. The van der Waals surface area contributed by atoms with Crippen LogP contribution in [0.1, 0.15) is 16.2 Å². The molecule has 0 aliphatic carbocycles. The predicted octanol–water partition coefficient (Wildman–Crippen LogP) is 2.36. The second kappa shape index (κ2) is 8.02. The molecule has 2 amide bonds. The van der Waals surface area contributed by atoms with Gasteiger partial charge in [-0.05, 0) is 34.7 Å². The molecule has 0 radical (unpaired) electrons. The van der Waals surface area contributed by atoms with Gasteiger partial charge in [-0.25, -0.2) is 9.67 Å². The quantitative estimate of drug-likeness (QED) is 0.500. The lowest BCUT2D eigenvalue weighted by molar-refractivity contribution is -0.115. The number of carbonyl (C=O) groups excluding carboxylic acids is 2. The van der Waals surface area contributed by atoms with E-state index >= 15 is 0 Å². The Morgan fingerprint density at radius 3 is 2.86 bits per heavy atom. The number of aryl methyl sites for hydroxylation is 1. The fourth-order valence-electron chi connectivity index (χ4n) is 2.59. The number of furan rings is 1. The molecular formula is C18H15N7O3S. The van der Waals surface area contributed by atoms with Crippen molar-refractivity contribution in [2.75, 3.05) is 10.6 Å². The van der Waals surface area contributed by atoms with E-state index in [1.165, 1.54) is 17.6 Å². The SMILES string of the molecule is Cn1nnnc1-c1cccc(NC(=O)Cc2csc(NC(=O)c3ccco3)n2)c1. The van der Waals surface area contributed by atoms with Crippen molar-refractivity contribution in [3.63, 3.8) is 0 Å². The van der Waals surface area contributed by atoms with Crippen molar-refractivity contribution in [3.05, 3.63) is 59.5 Å². The van der Waals surface area contributed by atoms with Gasteiger partial charge in [0.25, 0.3) is 5.91 Å². The first kappa shape index (κ1) is 18.5. The molecule has 3 aromatic heterocycles. The maximum atomic E-state index is 12.4. The van der Waals surface area contributed by atoms with Crippen molar-refractivity contribution >= 4 is 34.0 Å². The second-order valence-corrected chi connectivity index (χ2v) is 6.87. The fourth-order valence-corrected chi connectivity index (χ4v) is 3.30. The minimum atomic E-state index is -0.393. The van der Waals surface area contributed by atoms with Gasteiger partial charge in [-0.3, -0.25) is 14.9 Å². The first-order valence-corrected chi connectivity index (χ1v) is 9.38. The van der Waals surface area contributed by atoms with Crippen LogP contribution in [0.25, 0.3) is 11.4 Å². The predicted molar refractivity (Wildman–Crippen MR) is 105 cm³/mol. The van der Waals surface area contributed by atoms with E-state index in [2.05, 4.69) is 31.1 Å². The third kappa shape index (κ3) is 4.35. The number of rotatable bonds is 6. The first-order valence-electron chi connectivity index (χ1n) is 8.50. The monoisotopic (exact) mass is 409 g/mol. The van der Waals surface area contributed by atoms with E-state index < -0.39 is 5.91 Å². The van der Waals surface area contributed by atoms with E-state index in [0.717, 1.165) is 5.56 Å². The van der Waals surface area contributed by atoms with Gasteiger partial charge >= 0.3 is 0 Å². The molecule has 0 atom stereocenters. The molecule has 2 N–H and O–H groups in total. The minimum Gasteiger partial charge on any atom is -0.459 e. The summed E-state index contributed by atoms with van der Waals surface area (Å²) in [7, 11) is 1.74. The lowest BCUT2D eigenvalue weighted by atomic mass is 10.2. The van der Waals surface area contributed by atoms with Gasteiger partial charge in [0.15, 0.2) is 16.7 Å². The topological polar surface area (TPSA) is 128 Å². The highest BCUT2D eigenvalue weighted by molar-refractivity contribution is 7.14. The van der Waals surface area contributed by atoms with E-state index in [4.69, 9.17) is 4.42 Å². The van der Waals surface area contributed by atoms with Crippen molar-refractivity contribution in [2.45, 2.75) is 6.42 Å². The Labute approximate surface area is 168 Å². The van der Waals surface area contributed by atoms with Crippen LogP contribution in [0.15, 0.2) is 52.5 Å². The van der Waals surface area contributed by atoms with Gasteiger partial charge in [0.1, 0.15) is 0 Å². The number of benzene rings is 1. The molecule has 4 aromatic rings. The van der Waals surface area contributed by atoms with Gasteiger partial charge in [-0.1, -0.05) is 12.1 Å². The minimum absolute atomic E-state index is 0.0723. The van der Waals surface area contributed by atoms with Crippen molar-refractivity contribution in [2.24, 2.45) is 7.05 Å². The average Bonchev–Trinajstić information content (AvgIpc) is 3.44. The Bertz CT molecular complexity index is 1150. The summed E-state index contributed by atoms with van der Waals surface area (Å²) in [6.45, 7) is 0.